The minimum absolute atomic E-state index is 0.0116. The average molecular weight is 290 g/mol. The third-order valence-corrected chi connectivity index (χ3v) is 3.67. The Kier molecular flexibility index (Phi) is 4.36. The number of aryl methyl sites for hydroxylation is 2. The number of nitro groups is 1. The average Bonchev–Trinajstić information content (AvgIpc) is 2.37. The van der Waals surface area contributed by atoms with Crippen molar-refractivity contribution in [3.8, 4) is 0 Å². The lowest BCUT2D eigenvalue weighted by Crippen LogP contribution is -1.94. The van der Waals surface area contributed by atoms with Gasteiger partial charge in [-0.1, -0.05) is 17.8 Å². The number of hydrogen-bond acceptors (Lipinski definition) is 5. The number of nitrogens with zero attached hydrogens (tertiary/aromatic N) is 2. The fraction of sp³-hybridized carbons (Fsp3) is 0.214. The molecule has 0 atom stereocenters. The van der Waals surface area contributed by atoms with Gasteiger partial charge in [0.2, 0.25) is 0 Å². The predicted octanol–water partition coefficient (Wildman–Crippen LogP) is 3.25. The molecule has 20 heavy (non-hydrogen) atoms. The van der Waals surface area contributed by atoms with E-state index in [2.05, 4.69) is 4.98 Å². The molecule has 0 fully saturated rings. The van der Waals surface area contributed by atoms with Crippen molar-refractivity contribution < 1.29 is 10.0 Å². The molecule has 2 rings (SSSR count). The molecule has 5 nitrogen and oxygen atoms in total. The van der Waals surface area contributed by atoms with Crippen LogP contribution in [0.3, 0.4) is 0 Å². The van der Waals surface area contributed by atoms with Gasteiger partial charge in [-0.05, 0) is 43.2 Å². The number of aliphatic hydroxyl groups excluding tert-OH is 1. The molecule has 1 aromatic heterocycles. The standard InChI is InChI=1S/C14H14N2O3S/c1-9-5-10(2)15-14(6-9)20-13-4-3-11(8-17)7-12(13)16(18)19/h3-7,17H,8H2,1-2H3. The highest BCUT2D eigenvalue weighted by Gasteiger charge is 2.16. The summed E-state index contributed by atoms with van der Waals surface area (Å²) in [5.74, 6) is 0. The first kappa shape index (κ1) is 14.5. The van der Waals surface area contributed by atoms with Crippen LogP contribution in [0.25, 0.3) is 0 Å². The lowest BCUT2D eigenvalue weighted by atomic mass is 10.2. The summed E-state index contributed by atoms with van der Waals surface area (Å²) in [6.07, 6.45) is 0. The molecule has 1 aromatic carbocycles. The van der Waals surface area contributed by atoms with Crippen molar-refractivity contribution >= 4 is 17.4 Å². The molecule has 0 amide bonds. The van der Waals surface area contributed by atoms with Crippen LogP contribution in [-0.2, 0) is 6.61 Å². The largest absolute Gasteiger partial charge is 0.392 e. The van der Waals surface area contributed by atoms with Crippen molar-refractivity contribution in [3.63, 3.8) is 0 Å². The van der Waals surface area contributed by atoms with Gasteiger partial charge < -0.3 is 5.11 Å². The number of nitro benzene ring substituents is 1. The zero-order chi connectivity index (χ0) is 14.7. The van der Waals surface area contributed by atoms with Gasteiger partial charge in [0.1, 0.15) is 5.03 Å². The molecule has 0 spiro atoms. The van der Waals surface area contributed by atoms with Crippen LogP contribution >= 0.6 is 11.8 Å². The molecule has 0 saturated carbocycles. The Labute approximate surface area is 120 Å². The molecule has 1 N–H and O–H groups in total. The van der Waals surface area contributed by atoms with E-state index in [1.54, 1.807) is 12.1 Å². The first-order chi connectivity index (χ1) is 9.49. The lowest BCUT2D eigenvalue weighted by molar-refractivity contribution is -0.387. The smallest absolute Gasteiger partial charge is 0.283 e. The van der Waals surface area contributed by atoms with E-state index in [1.807, 2.05) is 26.0 Å². The van der Waals surface area contributed by atoms with Crippen molar-refractivity contribution in [2.24, 2.45) is 0 Å². The van der Waals surface area contributed by atoms with E-state index in [-0.39, 0.29) is 12.3 Å². The van der Waals surface area contributed by atoms with Gasteiger partial charge in [-0.25, -0.2) is 4.98 Å². The number of rotatable bonds is 4. The second kappa shape index (κ2) is 6.02. The number of pyridine rings is 1. The topological polar surface area (TPSA) is 76.3 Å². The second-order valence-electron chi connectivity index (χ2n) is 4.44. The Morgan fingerprint density at radius 1 is 1.30 bits per heavy atom. The zero-order valence-electron chi connectivity index (χ0n) is 11.2. The lowest BCUT2D eigenvalue weighted by Gasteiger charge is -2.06. The Hall–Kier alpha value is -1.92. The maximum absolute atomic E-state index is 11.1. The van der Waals surface area contributed by atoms with E-state index in [4.69, 9.17) is 5.11 Å². The Morgan fingerprint density at radius 2 is 2.05 bits per heavy atom. The van der Waals surface area contributed by atoms with Gasteiger partial charge in [-0.2, -0.15) is 0 Å². The molecule has 0 unspecified atom stereocenters. The highest BCUT2D eigenvalue weighted by molar-refractivity contribution is 7.99. The van der Waals surface area contributed by atoms with Crippen LogP contribution in [0.1, 0.15) is 16.8 Å². The third kappa shape index (κ3) is 3.34. The maximum Gasteiger partial charge on any atom is 0.283 e. The first-order valence-corrected chi connectivity index (χ1v) is 6.82. The van der Waals surface area contributed by atoms with E-state index in [0.717, 1.165) is 16.3 Å². The maximum atomic E-state index is 11.1. The summed E-state index contributed by atoms with van der Waals surface area (Å²) in [6.45, 7) is 3.63. The van der Waals surface area contributed by atoms with Gasteiger partial charge in [0.05, 0.1) is 16.4 Å². The number of hydrogen-bond donors (Lipinski definition) is 1. The second-order valence-corrected chi connectivity index (χ2v) is 5.51. The van der Waals surface area contributed by atoms with Crippen molar-refractivity contribution in [2.45, 2.75) is 30.4 Å². The van der Waals surface area contributed by atoms with E-state index in [9.17, 15) is 10.1 Å². The summed E-state index contributed by atoms with van der Waals surface area (Å²) in [5.41, 5.74) is 2.45. The molecule has 104 valence electrons. The fourth-order valence-electron chi connectivity index (χ4n) is 1.86. The fourth-order valence-corrected chi connectivity index (χ4v) is 2.89. The molecule has 6 heteroatoms. The Morgan fingerprint density at radius 3 is 2.65 bits per heavy atom. The zero-order valence-corrected chi connectivity index (χ0v) is 12.0. The first-order valence-electron chi connectivity index (χ1n) is 6.01. The molecule has 0 saturated heterocycles. The van der Waals surface area contributed by atoms with Crippen LogP contribution in [0.15, 0.2) is 40.3 Å². The quantitative estimate of drug-likeness (QED) is 0.691. The molecule has 0 aliphatic heterocycles. The molecule has 0 bridgehead atoms. The van der Waals surface area contributed by atoms with Crippen molar-refractivity contribution in [2.75, 3.05) is 0 Å². The highest BCUT2D eigenvalue weighted by atomic mass is 32.2. The molecular formula is C14H14N2O3S. The SMILES string of the molecule is Cc1cc(C)nc(Sc2ccc(CO)cc2[N+](=O)[O-])c1. The number of aromatic nitrogens is 1. The van der Waals surface area contributed by atoms with E-state index in [0.29, 0.717) is 10.5 Å². The predicted molar refractivity (Wildman–Crippen MR) is 76.9 cm³/mol. The molecular weight excluding hydrogens is 276 g/mol. The molecule has 1 heterocycles. The van der Waals surface area contributed by atoms with Gasteiger partial charge in [0, 0.05) is 11.8 Å². The summed E-state index contributed by atoms with van der Waals surface area (Å²) >= 11 is 1.26. The van der Waals surface area contributed by atoms with E-state index < -0.39 is 4.92 Å². The Bertz CT molecular complexity index is 639. The van der Waals surface area contributed by atoms with Gasteiger partial charge in [0.25, 0.3) is 5.69 Å². The van der Waals surface area contributed by atoms with Crippen LogP contribution in [-0.4, -0.2) is 15.0 Å². The summed E-state index contributed by atoms with van der Waals surface area (Å²) in [7, 11) is 0. The van der Waals surface area contributed by atoms with Crippen LogP contribution in [0, 0.1) is 24.0 Å². The van der Waals surface area contributed by atoms with Crippen LogP contribution in [0.5, 0.6) is 0 Å². The van der Waals surface area contributed by atoms with E-state index >= 15 is 0 Å². The minimum atomic E-state index is -0.440. The summed E-state index contributed by atoms with van der Waals surface area (Å²) in [5, 5.41) is 20.9. The van der Waals surface area contributed by atoms with E-state index in [1.165, 1.54) is 17.8 Å². The van der Waals surface area contributed by atoms with Gasteiger partial charge in [-0.3, -0.25) is 10.1 Å². The van der Waals surface area contributed by atoms with Crippen LogP contribution in [0.2, 0.25) is 0 Å². The molecule has 0 aliphatic carbocycles. The Balaban J connectivity index is 2.39. The van der Waals surface area contributed by atoms with Gasteiger partial charge in [-0.15, -0.1) is 0 Å². The van der Waals surface area contributed by atoms with Crippen molar-refractivity contribution in [1.29, 1.82) is 0 Å². The van der Waals surface area contributed by atoms with Crippen molar-refractivity contribution in [3.05, 3.63) is 57.3 Å². The summed E-state index contributed by atoms with van der Waals surface area (Å²) < 4.78 is 0. The molecule has 0 aliphatic rings. The summed E-state index contributed by atoms with van der Waals surface area (Å²) in [6, 6.07) is 8.56. The highest BCUT2D eigenvalue weighted by Crippen LogP contribution is 2.34. The van der Waals surface area contributed by atoms with Gasteiger partial charge in [0.15, 0.2) is 0 Å². The molecule has 2 aromatic rings. The normalized spacial score (nSPS) is 10.6. The minimum Gasteiger partial charge on any atom is -0.392 e. The van der Waals surface area contributed by atoms with Crippen LogP contribution < -0.4 is 0 Å². The van der Waals surface area contributed by atoms with Crippen molar-refractivity contribution in [1.82, 2.24) is 4.98 Å². The van der Waals surface area contributed by atoms with Crippen LogP contribution in [0.4, 0.5) is 5.69 Å². The number of aliphatic hydroxyl groups is 1. The summed E-state index contributed by atoms with van der Waals surface area (Å²) in [4.78, 5) is 15.5. The number of benzene rings is 1. The molecule has 0 radical (unpaired) electrons. The third-order valence-electron chi connectivity index (χ3n) is 2.69. The van der Waals surface area contributed by atoms with Gasteiger partial charge >= 0.3 is 0 Å². The monoisotopic (exact) mass is 290 g/mol.